The third-order valence-corrected chi connectivity index (χ3v) is 4.74. The van der Waals surface area contributed by atoms with Gasteiger partial charge in [0.05, 0.1) is 6.04 Å². The molecule has 0 saturated heterocycles. The average molecular weight is 309 g/mol. The fourth-order valence-corrected chi connectivity index (χ4v) is 3.66. The van der Waals surface area contributed by atoms with Crippen molar-refractivity contribution < 1.29 is 9.59 Å². The molecule has 116 valence electrons. The topological polar surface area (TPSA) is 61.4 Å². The quantitative estimate of drug-likeness (QED) is 0.820. The fourth-order valence-electron chi connectivity index (χ4n) is 2.73. The second kappa shape index (κ2) is 7.45. The van der Waals surface area contributed by atoms with Crippen molar-refractivity contribution in [1.82, 2.24) is 15.5 Å². The molecule has 0 aromatic carbocycles. The maximum absolute atomic E-state index is 12.3. The van der Waals surface area contributed by atoms with E-state index < -0.39 is 0 Å². The van der Waals surface area contributed by atoms with Crippen LogP contribution in [0.25, 0.3) is 0 Å². The number of rotatable bonds is 5. The van der Waals surface area contributed by atoms with Crippen LogP contribution in [-0.2, 0) is 11.2 Å². The highest BCUT2D eigenvalue weighted by atomic mass is 32.1. The van der Waals surface area contributed by atoms with E-state index in [4.69, 9.17) is 0 Å². The Hall–Kier alpha value is -1.56. The fraction of sp³-hybridized carbons (Fsp3) is 0.600. The Kier molecular flexibility index (Phi) is 5.61. The summed E-state index contributed by atoms with van der Waals surface area (Å²) < 4.78 is 0. The Bertz CT molecular complexity index is 501. The van der Waals surface area contributed by atoms with Gasteiger partial charge in [-0.2, -0.15) is 0 Å². The zero-order valence-corrected chi connectivity index (χ0v) is 13.5. The first-order valence-corrected chi connectivity index (χ1v) is 8.36. The monoisotopic (exact) mass is 309 g/mol. The van der Waals surface area contributed by atoms with Gasteiger partial charge in [0.1, 0.15) is 0 Å². The molecule has 0 saturated carbocycles. The van der Waals surface area contributed by atoms with Crippen molar-refractivity contribution in [3.8, 4) is 0 Å². The number of carbonyl (C=O) groups is 2. The van der Waals surface area contributed by atoms with Gasteiger partial charge in [-0.25, -0.2) is 4.79 Å². The molecule has 2 heterocycles. The van der Waals surface area contributed by atoms with Crippen LogP contribution in [0.4, 0.5) is 4.79 Å². The highest BCUT2D eigenvalue weighted by Crippen LogP contribution is 2.34. The highest BCUT2D eigenvalue weighted by molar-refractivity contribution is 7.10. The lowest BCUT2D eigenvalue weighted by molar-refractivity contribution is -0.118. The molecule has 0 aliphatic carbocycles. The van der Waals surface area contributed by atoms with E-state index in [0.717, 1.165) is 25.8 Å². The van der Waals surface area contributed by atoms with E-state index in [9.17, 15) is 9.59 Å². The Morgan fingerprint density at radius 3 is 2.86 bits per heavy atom. The van der Waals surface area contributed by atoms with Crippen LogP contribution in [0.1, 0.15) is 43.2 Å². The largest absolute Gasteiger partial charge is 0.356 e. The summed E-state index contributed by atoms with van der Waals surface area (Å²) in [6.45, 7) is 5.58. The van der Waals surface area contributed by atoms with E-state index >= 15 is 0 Å². The molecular formula is C15H23N3O2S. The number of hydrogen-bond donors (Lipinski definition) is 2. The number of fused-ring (bicyclic) bond motifs is 1. The average Bonchev–Trinajstić information content (AvgIpc) is 2.93. The third kappa shape index (κ3) is 3.97. The number of carbonyl (C=O) groups excluding carboxylic acids is 2. The standard InChI is InChI=1S/C15H23N3O2S/c1-3-13-12-6-10-21-14(12)5-9-18(13)15(20)17-8-4-7-16-11(2)19/h6,10,13H,3-5,7-9H2,1-2H3,(H,16,19)(H,17,20)/t13-/m1/s1. The van der Waals surface area contributed by atoms with Crippen molar-refractivity contribution >= 4 is 23.3 Å². The Balaban J connectivity index is 1.84. The molecule has 1 atom stereocenters. The van der Waals surface area contributed by atoms with E-state index in [0.29, 0.717) is 13.1 Å². The minimum absolute atomic E-state index is 0.00141. The summed E-state index contributed by atoms with van der Waals surface area (Å²) in [7, 11) is 0. The van der Waals surface area contributed by atoms with Crippen LogP contribution in [-0.4, -0.2) is 36.5 Å². The van der Waals surface area contributed by atoms with Gasteiger partial charge in [0.15, 0.2) is 0 Å². The summed E-state index contributed by atoms with van der Waals surface area (Å²) >= 11 is 1.79. The molecule has 2 rings (SSSR count). The van der Waals surface area contributed by atoms with Crippen molar-refractivity contribution in [3.63, 3.8) is 0 Å². The minimum Gasteiger partial charge on any atom is -0.356 e. The van der Waals surface area contributed by atoms with Crippen LogP contribution < -0.4 is 10.6 Å². The molecular weight excluding hydrogens is 286 g/mol. The predicted molar refractivity (Wildman–Crippen MR) is 84.5 cm³/mol. The van der Waals surface area contributed by atoms with Crippen LogP contribution in [0.15, 0.2) is 11.4 Å². The van der Waals surface area contributed by atoms with Crippen molar-refractivity contribution in [3.05, 3.63) is 21.9 Å². The second-order valence-electron chi connectivity index (χ2n) is 5.24. The molecule has 1 aliphatic heterocycles. The van der Waals surface area contributed by atoms with Gasteiger partial charge in [-0.3, -0.25) is 4.79 Å². The minimum atomic E-state index is -0.0339. The number of nitrogens with one attached hydrogen (secondary N) is 2. The maximum Gasteiger partial charge on any atom is 0.317 e. The third-order valence-electron chi connectivity index (χ3n) is 3.75. The highest BCUT2D eigenvalue weighted by Gasteiger charge is 2.29. The Labute approximate surface area is 129 Å². The van der Waals surface area contributed by atoms with E-state index in [2.05, 4.69) is 29.0 Å². The van der Waals surface area contributed by atoms with Crippen molar-refractivity contribution in [2.75, 3.05) is 19.6 Å². The first-order chi connectivity index (χ1) is 10.1. The molecule has 0 unspecified atom stereocenters. The zero-order chi connectivity index (χ0) is 15.2. The second-order valence-corrected chi connectivity index (χ2v) is 6.24. The number of amides is 3. The molecule has 0 fully saturated rings. The molecule has 5 nitrogen and oxygen atoms in total. The number of hydrogen-bond acceptors (Lipinski definition) is 3. The maximum atomic E-state index is 12.3. The molecule has 6 heteroatoms. The molecule has 1 aliphatic rings. The van der Waals surface area contributed by atoms with Crippen LogP contribution >= 0.6 is 11.3 Å². The van der Waals surface area contributed by atoms with Gasteiger partial charge in [-0.15, -0.1) is 11.3 Å². The molecule has 3 amide bonds. The van der Waals surface area contributed by atoms with Gasteiger partial charge in [-0.1, -0.05) is 6.92 Å². The number of urea groups is 1. The predicted octanol–water partition coefficient (Wildman–Crippen LogP) is 2.29. The van der Waals surface area contributed by atoms with Crippen LogP contribution in [0.5, 0.6) is 0 Å². The van der Waals surface area contributed by atoms with Crippen LogP contribution in [0.3, 0.4) is 0 Å². The molecule has 21 heavy (non-hydrogen) atoms. The molecule has 2 N–H and O–H groups in total. The van der Waals surface area contributed by atoms with Crippen molar-refractivity contribution in [2.24, 2.45) is 0 Å². The van der Waals surface area contributed by atoms with E-state index in [1.807, 2.05) is 4.90 Å². The lowest BCUT2D eigenvalue weighted by Crippen LogP contribution is -2.45. The molecule has 1 aromatic heterocycles. The van der Waals surface area contributed by atoms with Crippen LogP contribution in [0, 0.1) is 0 Å². The summed E-state index contributed by atoms with van der Waals surface area (Å²) in [6, 6.07) is 2.33. The normalized spacial score (nSPS) is 17.2. The lowest BCUT2D eigenvalue weighted by atomic mass is 9.98. The molecule has 0 spiro atoms. The van der Waals surface area contributed by atoms with E-state index in [1.165, 1.54) is 17.4 Å². The summed E-state index contributed by atoms with van der Waals surface area (Å²) in [4.78, 5) is 26.4. The van der Waals surface area contributed by atoms with Gasteiger partial charge in [0.2, 0.25) is 5.91 Å². The summed E-state index contributed by atoms with van der Waals surface area (Å²) in [6.07, 6.45) is 2.63. The smallest absolute Gasteiger partial charge is 0.317 e. The van der Waals surface area contributed by atoms with E-state index in [1.54, 1.807) is 11.3 Å². The van der Waals surface area contributed by atoms with Gasteiger partial charge >= 0.3 is 6.03 Å². The Morgan fingerprint density at radius 2 is 2.14 bits per heavy atom. The lowest BCUT2D eigenvalue weighted by Gasteiger charge is -2.35. The van der Waals surface area contributed by atoms with Gasteiger partial charge in [-0.05, 0) is 36.3 Å². The first-order valence-electron chi connectivity index (χ1n) is 7.48. The zero-order valence-electron chi connectivity index (χ0n) is 12.6. The summed E-state index contributed by atoms with van der Waals surface area (Å²) in [5.41, 5.74) is 1.31. The number of nitrogens with zero attached hydrogens (tertiary/aromatic N) is 1. The summed E-state index contributed by atoms with van der Waals surface area (Å²) in [5.74, 6) is -0.0339. The van der Waals surface area contributed by atoms with Gasteiger partial charge < -0.3 is 15.5 Å². The Morgan fingerprint density at radius 1 is 1.38 bits per heavy atom. The van der Waals surface area contributed by atoms with Crippen molar-refractivity contribution in [1.29, 1.82) is 0 Å². The van der Waals surface area contributed by atoms with Crippen LogP contribution in [0.2, 0.25) is 0 Å². The number of thiophene rings is 1. The van der Waals surface area contributed by atoms with E-state index in [-0.39, 0.29) is 18.0 Å². The van der Waals surface area contributed by atoms with Crippen molar-refractivity contribution in [2.45, 2.75) is 39.2 Å². The molecule has 0 bridgehead atoms. The SMILES string of the molecule is CC[C@@H]1c2ccsc2CCN1C(=O)NCCCNC(C)=O. The molecule has 1 aromatic rings. The molecule has 0 radical (unpaired) electrons. The van der Waals surface area contributed by atoms with Gasteiger partial charge in [0.25, 0.3) is 0 Å². The summed E-state index contributed by atoms with van der Waals surface area (Å²) in [5, 5.41) is 7.79. The van der Waals surface area contributed by atoms with Gasteiger partial charge in [0, 0.05) is 31.4 Å². The first kappa shape index (κ1) is 15.8.